The molecule has 2 atom stereocenters. The molecular weight excluding hydrogens is 530 g/mol. The molecule has 5 aliphatic rings. The van der Waals surface area contributed by atoms with Crippen molar-refractivity contribution in [2.24, 2.45) is 17.8 Å². The monoisotopic (exact) mass is 561 g/mol. The molecule has 7 heteroatoms. The summed E-state index contributed by atoms with van der Waals surface area (Å²) in [5.74, 6) is 1.59. The molecule has 4 aliphatic carbocycles. The molecule has 5 nitrogen and oxygen atoms in total. The van der Waals surface area contributed by atoms with Crippen molar-refractivity contribution in [3.05, 3.63) is 95.0 Å². The highest BCUT2D eigenvalue weighted by Crippen LogP contribution is 2.66. The lowest BCUT2D eigenvalue weighted by Crippen LogP contribution is -2.74. The number of carbonyl (C=O) groups excluding carboxylic acids is 1. The molecule has 8 rings (SSSR count). The average Bonchev–Trinajstić information content (AvgIpc) is 2.92. The first kappa shape index (κ1) is 25.2. The fraction of sp³-hybridized carbons (Fsp3) is 0.406. The van der Waals surface area contributed by atoms with Gasteiger partial charge in [-0.05, 0) is 104 Å². The van der Waals surface area contributed by atoms with Gasteiger partial charge in [0, 0.05) is 10.7 Å². The normalized spacial score (nSPS) is 33.2. The molecule has 0 spiro atoms. The second kappa shape index (κ2) is 8.84. The molecule has 39 heavy (non-hydrogen) atoms. The molecule has 4 saturated carbocycles. The first-order valence-corrected chi connectivity index (χ1v) is 15.7. The molecule has 1 heterocycles. The molecule has 2 unspecified atom stereocenters. The summed E-state index contributed by atoms with van der Waals surface area (Å²) in [6.45, 7) is 0. The lowest BCUT2D eigenvalue weighted by Gasteiger charge is -2.62. The summed E-state index contributed by atoms with van der Waals surface area (Å²) < 4.78 is 33.6. The third-order valence-electron chi connectivity index (χ3n) is 9.89. The van der Waals surface area contributed by atoms with Crippen LogP contribution in [0.1, 0.15) is 55.7 Å². The number of hydrogen-bond donors (Lipinski definition) is 0. The summed E-state index contributed by atoms with van der Waals surface area (Å²) in [4.78, 5) is 16.4. The van der Waals surface area contributed by atoms with E-state index >= 15 is 8.42 Å². The van der Waals surface area contributed by atoms with Crippen LogP contribution in [0.3, 0.4) is 0 Å². The van der Waals surface area contributed by atoms with E-state index in [-0.39, 0.29) is 5.91 Å². The van der Waals surface area contributed by atoms with Gasteiger partial charge in [-0.2, -0.15) is 0 Å². The molecule has 1 saturated heterocycles. The van der Waals surface area contributed by atoms with E-state index in [9.17, 15) is 4.79 Å². The molecule has 5 fully saturated rings. The summed E-state index contributed by atoms with van der Waals surface area (Å²) in [6.07, 6.45) is 5.37. The molecule has 1 amide bonds. The minimum absolute atomic E-state index is 0.380. The zero-order valence-corrected chi connectivity index (χ0v) is 23.5. The third-order valence-corrected chi connectivity index (χ3v) is 13.3. The van der Waals surface area contributed by atoms with Gasteiger partial charge in [0.25, 0.3) is 5.91 Å². The number of anilines is 1. The van der Waals surface area contributed by atoms with Crippen molar-refractivity contribution < 1.29 is 17.9 Å². The molecule has 0 N–H and O–H groups in total. The van der Waals surface area contributed by atoms with Crippen molar-refractivity contribution in [1.82, 2.24) is 0 Å². The maximum absolute atomic E-state index is 15.4. The van der Waals surface area contributed by atoms with E-state index in [1.54, 1.807) is 36.3 Å². The van der Waals surface area contributed by atoms with Crippen molar-refractivity contribution >= 4 is 33.0 Å². The molecule has 3 aromatic carbocycles. The summed E-state index contributed by atoms with van der Waals surface area (Å²) in [6, 6.07) is 23.0. The largest absolute Gasteiger partial charge is 0.497 e. The van der Waals surface area contributed by atoms with Crippen LogP contribution in [0, 0.1) is 17.8 Å². The predicted octanol–water partition coefficient (Wildman–Crippen LogP) is 6.72. The first-order valence-electron chi connectivity index (χ1n) is 13.8. The zero-order valence-electron chi connectivity index (χ0n) is 21.9. The Labute approximate surface area is 235 Å². The van der Waals surface area contributed by atoms with Crippen LogP contribution in [0.25, 0.3) is 0 Å². The average molecular weight is 562 g/mol. The van der Waals surface area contributed by atoms with E-state index in [1.807, 2.05) is 54.6 Å². The fourth-order valence-corrected chi connectivity index (χ4v) is 12.1. The highest BCUT2D eigenvalue weighted by atomic mass is 35.5. The summed E-state index contributed by atoms with van der Waals surface area (Å²) in [5, 5.41) is 0.564. The Morgan fingerprint density at radius 3 is 1.92 bits per heavy atom. The fourth-order valence-electron chi connectivity index (χ4n) is 8.65. The van der Waals surface area contributed by atoms with Gasteiger partial charge in [-0.3, -0.25) is 4.79 Å². The van der Waals surface area contributed by atoms with E-state index in [0.717, 1.165) is 24.8 Å². The molecule has 202 valence electrons. The second-order valence-corrected chi connectivity index (χ2v) is 15.0. The van der Waals surface area contributed by atoms with Crippen molar-refractivity contribution in [2.45, 2.75) is 54.1 Å². The lowest BCUT2D eigenvalue weighted by atomic mass is 9.56. The number of nitrogens with zero attached hydrogens (tertiary/aromatic N) is 1. The van der Waals surface area contributed by atoms with E-state index in [0.29, 0.717) is 59.0 Å². The molecule has 0 radical (unpaired) electrons. The summed E-state index contributed by atoms with van der Waals surface area (Å²) in [5.41, 5.74) is 1.95. The standard InChI is InChI=1S/C32H32ClNO4S/c1-38-28-13-11-27(12-14-28)34-29(24-7-9-26(33)10-8-24)32(30(34)35,25-5-3-2-4-6-25)39(36,37)31-18-21-15-22(19-31)17-23(16-21)20-31/h2-14,21-23,29H,15-20H2,1H3. The van der Waals surface area contributed by atoms with E-state index in [4.69, 9.17) is 16.3 Å². The van der Waals surface area contributed by atoms with Gasteiger partial charge in [0.15, 0.2) is 9.84 Å². The molecule has 1 aliphatic heterocycles. The van der Waals surface area contributed by atoms with Crippen LogP contribution in [0.2, 0.25) is 5.02 Å². The number of carbonyl (C=O) groups is 1. The number of ether oxygens (including phenoxy) is 1. The number of sulfone groups is 1. The molecule has 3 aromatic rings. The van der Waals surface area contributed by atoms with Crippen LogP contribution >= 0.6 is 11.6 Å². The number of β-lactam (4-membered cyclic amide) rings is 1. The van der Waals surface area contributed by atoms with Gasteiger partial charge in [-0.25, -0.2) is 8.42 Å². The third kappa shape index (κ3) is 3.43. The molecule has 4 bridgehead atoms. The van der Waals surface area contributed by atoms with E-state index in [1.165, 1.54) is 0 Å². The van der Waals surface area contributed by atoms with Gasteiger partial charge < -0.3 is 9.64 Å². The Hall–Kier alpha value is -2.83. The highest BCUT2D eigenvalue weighted by Gasteiger charge is 2.75. The van der Waals surface area contributed by atoms with Gasteiger partial charge in [-0.1, -0.05) is 54.1 Å². The van der Waals surface area contributed by atoms with Crippen LogP contribution in [0.4, 0.5) is 5.69 Å². The summed E-state index contributed by atoms with van der Waals surface area (Å²) >= 11 is 6.27. The maximum atomic E-state index is 15.4. The smallest absolute Gasteiger partial charge is 0.256 e. The molecule has 0 aromatic heterocycles. The zero-order chi connectivity index (χ0) is 27.0. The van der Waals surface area contributed by atoms with Crippen molar-refractivity contribution in [3.63, 3.8) is 0 Å². The van der Waals surface area contributed by atoms with Crippen LogP contribution in [-0.2, 0) is 19.4 Å². The first-order chi connectivity index (χ1) is 18.8. The number of benzene rings is 3. The van der Waals surface area contributed by atoms with Gasteiger partial charge in [0.05, 0.1) is 17.9 Å². The Morgan fingerprint density at radius 2 is 1.38 bits per heavy atom. The van der Waals surface area contributed by atoms with Crippen molar-refractivity contribution in [2.75, 3.05) is 12.0 Å². The number of hydrogen-bond acceptors (Lipinski definition) is 4. The Bertz CT molecular complexity index is 1490. The SMILES string of the molecule is COc1ccc(N2C(=O)C(c3ccccc3)(S(=O)(=O)C34CC5CC(CC(C5)C3)C4)C2c2ccc(Cl)cc2)cc1. The quantitative estimate of drug-likeness (QED) is 0.314. The predicted molar refractivity (Wildman–Crippen MR) is 153 cm³/mol. The van der Waals surface area contributed by atoms with Crippen LogP contribution in [0.5, 0.6) is 5.75 Å². The second-order valence-electron chi connectivity index (χ2n) is 12.0. The number of rotatable bonds is 6. The van der Waals surface area contributed by atoms with Gasteiger partial charge >= 0.3 is 0 Å². The minimum Gasteiger partial charge on any atom is -0.497 e. The van der Waals surface area contributed by atoms with Crippen molar-refractivity contribution in [3.8, 4) is 5.75 Å². The van der Waals surface area contributed by atoms with Gasteiger partial charge in [0.2, 0.25) is 4.75 Å². The molecular formula is C32H32ClNO4S. The number of amides is 1. The van der Waals surface area contributed by atoms with E-state index in [2.05, 4.69) is 0 Å². The number of methoxy groups -OCH3 is 1. The van der Waals surface area contributed by atoms with Gasteiger partial charge in [0.1, 0.15) is 5.75 Å². The van der Waals surface area contributed by atoms with Crippen LogP contribution in [-0.4, -0.2) is 26.2 Å². The van der Waals surface area contributed by atoms with Crippen LogP contribution in [0.15, 0.2) is 78.9 Å². The highest BCUT2D eigenvalue weighted by molar-refractivity contribution is 7.94. The Balaban J connectivity index is 1.46. The minimum atomic E-state index is -4.00. The maximum Gasteiger partial charge on any atom is 0.256 e. The Morgan fingerprint density at radius 1 is 0.821 bits per heavy atom. The van der Waals surface area contributed by atoms with Crippen molar-refractivity contribution in [1.29, 1.82) is 0 Å². The number of halogens is 1. The van der Waals surface area contributed by atoms with Crippen LogP contribution < -0.4 is 9.64 Å². The lowest BCUT2D eigenvalue weighted by molar-refractivity contribution is -0.129. The van der Waals surface area contributed by atoms with E-state index < -0.39 is 25.4 Å². The Kier molecular flexibility index (Phi) is 5.70. The topological polar surface area (TPSA) is 63.7 Å². The summed E-state index contributed by atoms with van der Waals surface area (Å²) in [7, 11) is -2.40. The van der Waals surface area contributed by atoms with Gasteiger partial charge in [-0.15, -0.1) is 0 Å².